The van der Waals surface area contributed by atoms with Crippen LogP contribution in [0, 0.1) is 5.41 Å². The molecule has 1 saturated carbocycles. The third-order valence-electron chi connectivity index (χ3n) is 3.26. The minimum atomic E-state index is -0.678. The van der Waals surface area contributed by atoms with E-state index in [9.17, 15) is 5.11 Å². The van der Waals surface area contributed by atoms with Gasteiger partial charge in [0, 0.05) is 19.5 Å². The molecule has 0 bridgehead atoms. The zero-order valence-corrected chi connectivity index (χ0v) is 11.1. The van der Waals surface area contributed by atoms with Crippen molar-refractivity contribution < 1.29 is 10.3 Å². The van der Waals surface area contributed by atoms with Gasteiger partial charge < -0.3 is 20.9 Å². The number of aliphatic hydroxyl groups is 1. The first-order valence-electron chi connectivity index (χ1n) is 6.21. The quantitative estimate of drug-likeness (QED) is 0.269. The predicted octanol–water partition coefficient (Wildman–Crippen LogP) is 0.996. The highest BCUT2D eigenvalue weighted by Crippen LogP contribution is 2.49. The van der Waals surface area contributed by atoms with E-state index in [2.05, 4.69) is 17.0 Å². The van der Waals surface area contributed by atoms with Gasteiger partial charge in [-0.3, -0.25) is 0 Å². The first-order chi connectivity index (χ1) is 7.80. The average Bonchev–Trinajstić information content (AvgIpc) is 2.94. The van der Waals surface area contributed by atoms with Crippen LogP contribution in [0.15, 0.2) is 5.16 Å². The standard InChI is InChI=1S/C12H25N3O2/c1-4-15(8-11(2,3)16)9-12(5-6-12)7-10(13)14-17/h16-17H,4-9H2,1-3H3,(H2,13,14). The first-order valence-corrected chi connectivity index (χ1v) is 6.21. The van der Waals surface area contributed by atoms with Gasteiger partial charge in [0.05, 0.1) is 5.60 Å². The lowest BCUT2D eigenvalue weighted by atomic mass is 10.00. The van der Waals surface area contributed by atoms with Crippen LogP contribution < -0.4 is 5.73 Å². The van der Waals surface area contributed by atoms with Crippen LogP contribution in [-0.2, 0) is 0 Å². The van der Waals surface area contributed by atoms with Crippen LogP contribution in [0.4, 0.5) is 0 Å². The summed E-state index contributed by atoms with van der Waals surface area (Å²) in [5, 5.41) is 21.5. The van der Waals surface area contributed by atoms with Gasteiger partial charge in [0.25, 0.3) is 0 Å². The number of amidine groups is 1. The van der Waals surface area contributed by atoms with E-state index in [0.717, 1.165) is 25.9 Å². The number of hydrogen-bond donors (Lipinski definition) is 3. The van der Waals surface area contributed by atoms with Crippen molar-refractivity contribution in [3.63, 3.8) is 0 Å². The molecule has 0 saturated heterocycles. The molecule has 0 aromatic rings. The lowest BCUT2D eigenvalue weighted by molar-refractivity contribution is 0.0316. The Bertz CT molecular complexity index is 280. The SMILES string of the molecule is CCN(CC(C)(C)O)CC1(CC(N)=NO)CC1. The maximum atomic E-state index is 9.83. The Morgan fingerprint density at radius 3 is 2.41 bits per heavy atom. The Kier molecular flexibility index (Phi) is 4.38. The Hall–Kier alpha value is -0.810. The molecule has 5 heteroatoms. The lowest BCUT2D eigenvalue weighted by Crippen LogP contribution is -2.42. The largest absolute Gasteiger partial charge is 0.409 e. The summed E-state index contributed by atoms with van der Waals surface area (Å²) in [5.74, 6) is 0.307. The third kappa shape index (κ3) is 4.91. The zero-order valence-electron chi connectivity index (χ0n) is 11.1. The Morgan fingerprint density at radius 1 is 1.47 bits per heavy atom. The number of nitrogens with zero attached hydrogens (tertiary/aromatic N) is 2. The van der Waals surface area contributed by atoms with Crippen LogP contribution in [0.25, 0.3) is 0 Å². The van der Waals surface area contributed by atoms with Crippen molar-refractivity contribution >= 4 is 5.84 Å². The molecule has 0 atom stereocenters. The summed E-state index contributed by atoms with van der Waals surface area (Å²) < 4.78 is 0. The Labute approximate surface area is 103 Å². The van der Waals surface area contributed by atoms with Crippen molar-refractivity contribution in [3.8, 4) is 0 Å². The molecule has 1 fully saturated rings. The first kappa shape index (κ1) is 14.3. The molecule has 17 heavy (non-hydrogen) atoms. The van der Waals surface area contributed by atoms with Crippen molar-refractivity contribution in [2.24, 2.45) is 16.3 Å². The maximum absolute atomic E-state index is 9.83. The molecule has 0 aliphatic heterocycles. The second kappa shape index (κ2) is 5.23. The fraction of sp³-hybridized carbons (Fsp3) is 0.917. The van der Waals surface area contributed by atoms with E-state index in [0.29, 0.717) is 18.8 Å². The summed E-state index contributed by atoms with van der Waals surface area (Å²) in [6, 6.07) is 0. The molecule has 5 nitrogen and oxygen atoms in total. The summed E-state index contributed by atoms with van der Waals surface area (Å²) in [6.07, 6.45) is 2.88. The van der Waals surface area contributed by atoms with E-state index in [-0.39, 0.29) is 5.41 Å². The van der Waals surface area contributed by atoms with Gasteiger partial charge >= 0.3 is 0 Å². The lowest BCUT2D eigenvalue weighted by Gasteiger charge is -2.31. The van der Waals surface area contributed by atoms with E-state index < -0.39 is 5.60 Å². The summed E-state index contributed by atoms with van der Waals surface area (Å²) in [5.41, 5.74) is 5.06. The molecule has 100 valence electrons. The minimum absolute atomic E-state index is 0.164. The normalized spacial score (nSPS) is 19.7. The minimum Gasteiger partial charge on any atom is -0.409 e. The van der Waals surface area contributed by atoms with E-state index in [4.69, 9.17) is 10.9 Å². The van der Waals surface area contributed by atoms with Crippen LogP contribution in [-0.4, -0.2) is 46.3 Å². The van der Waals surface area contributed by atoms with Gasteiger partial charge in [-0.25, -0.2) is 0 Å². The molecule has 0 aromatic carbocycles. The summed E-state index contributed by atoms with van der Waals surface area (Å²) >= 11 is 0. The smallest absolute Gasteiger partial charge is 0.139 e. The van der Waals surface area contributed by atoms with Crippen molar-refractivity contribution in [3.05, 3.63) is 0 Å². The van der Waals surface area contributed by atoms with Crippen molar-refractivity contribution in [2.45, 2.75) is 45.6 Å². The molecular weight excluding hydrogens is 218 g/mol. The highest BCUT2D eigenvalue weighted by Gasteiger charge is 2.44. The summed E-state index contributed by atoms with van der Waals surface area (Å²) in [4.78, 5) is 2.23. The van der Waals surface area contributed by atoms with Gasteiger partial charge in [0.15, 0.2) is 0 Å². The molecule has 0 aromatic heterocycles. The maximum Gasteiger partial charge on any atom is 0.139 e. The van der Waals surface area contributed by atoms with E-state index in [1.165, 1.54) is 0 Å². The van der Waals surface area contributed by atoms with Gasteiger partial charge in [-0.1, -0.05) is 12.1 Å². The Balaban J connectivity index is 2.51. The van der Waals surface area contributed by atoms with Crippen LogP contribution in [0.2, 0.25) is 0 Å². The third-order valence-corrected chi connectivity index (χ3v) is 3.26. The highest BCUT2D eigenvalue weighted by molar-refractivity contribution is 5.80. The van der Waals surface area contributed by atoms with E-state index >= 15 is 0 Å². The van der Waals surface area contributed by atoms with Gasteiger partial charge in [0.1, 0.15) is 5.84 Å². The van der Waals surface area contributed by atoms with Crippen molar-refractivity contribution in [1.82, 2.24) is 4.90 Å². The molecule has 0 heterocycles. The van der Waals surface area contributed by atoms with Crippen molar-refractivity contribution in [1.29, 1.82) is 0 Å². The average molecular weight is 243 g/mol. The van der Waals surface area contributed by atoms with Crippen LogP contribution in [0.3, 0.4) is 0 Å². The predicted molar refractivity (Wildman–Crippen MR) is 68.1 cm³/mol. The molecule has 1 aliphatic rings. The summed E-state index contributed by atoms with van der Waals surface area (Å²) in [7, 11) is 0. The van der Waals surface area contributed by atoms with Crippen molar-refractivity contribution in [2.75, 3.05) is 19.6 Å². The van der Waals surface area contributed by atoms with Gasteiger partial charge in [-0.2, -0.15) is 0 Å². The van der Waals surface area contributed by atoms with Crippen LogP contribution in [0.5, 0.6) is 0 Å². The number of oxime groups is 1. The second-order valence-corrected chi connectivity index (χ2v) is 5.88. The fourth-order valence-electron chi connectivity index (χ4n) is 2.29. The molecule has 0 amide bonds. The van der Waals surface area contributed by atoms with Crippen LogP contribution >= 0.6 is 0 Å². The molecular formula is C12H25N3O2. The molecule has 1 aliphatic carbocycles. The molecule has 0 radical (unpaired) electrons. The second-order valence-electron chi connectivity index (χ2n) is 5.88. The molecule has 4 N–H and O–H groups in total. The topological polar surface area (TPSA) is 82.1 Å². The number of rotatable bonds is 7. The number of likely N-dealkylation sites (N-methyl/N-ethyl adjacent to an activating group) is 1. The van der Waals surface area contributed by atoms with Gasteiger partial charge in [0.2, 0.25) is 0 Å². The Morgan fingerprint density at radius 2 is 2.06 bits per heavy atom. The van der Waals surface area contributed by atoms with Gasteiger partial charge in [-0.05, 0) is 38.6 Å². The fourth-order valence-corrected chi connectivity index (χ4v) is 2.29. The molecule has 1 rings (SSSR count). The summed E-state index contributed by atoms with van der Waals surface area (Å²) in [6.45, 7) is 8.19. The monoisotopic (exact) mass is 243 g/mol. The van der Waals surface area contributed by atoms with Crippen LogP contribution in [0.1, 0.15) is 40.0 Å². The van der Waals surface area contributed by atoms with Gasteiger partial charge in [-0.15, -0.1) is 0 Å². The number of hydrogen-bond acceptors (Lipinski definition) is 4. The number of nitrogens with two attached hydrogens (primary N) is 1. The molecule has 0 spiro atoms. The highest BCUT2D eigenvalue weighted by atomic mass is 16.4. The van der Waals surface area contributed by atoms with E-state index in [1.807, 2.05) is 13.8 Å². The zero-order chi connectivity index (χ0) is 13.1. The molecule has 0 unspecified atom stereocenters. The van der Waals surface area contributed by atoms with E-state index in [1.54, 1.807) is 0 Å².